The zero-order valence-corrected chi connectivity index (χ0v) is 18.7. The van der Waals surface area contributed by atoms with Crippen LogP contribution in [0, 0.1) is 0 Å². The van der Waals surface area contributed by atoms with Crippen LogP contribution in [0.1, 0.15) is 22.5 Å². The van der Waals surface area contributed by atoms with Crippen LogP contribution in [0.2, 0.25) is 0 Å². The zero-order valence-electron chi connectivity index (χ0n) is 18.7. The smallest absolute Gasteiger partial charge is 0.486 e. The Morgan fingerprint density at radius 2 is 1.91 bits per heavy atom. The Kier molecular flexibility index (Phi) is 6.63. The van der Waals surface area contributed by atoms with Crippen molar-refractivity contribution in [3.05, 3.63) is 60.0 Å². The summed E-state index contributed by atoms with van der Waals surface area (Å²) in [6.45, 7) is 0.725. The summed E-state index contributed by atoms with van der Waals surface area (Å²) in [5.74, 6) is -1.06. The average Bonchev–Trinajstić information content (AvgIpc) is 3.43. The number of pyridine rings is 1. The van der Waals surface area contributed by atoms with E-state index >= 15 is 0 Å². The van der Waals surface area contributed by atoms with Gasteiger partial charge in [0.1, 0.15) is 11.9 Å². The molecule has 35 heavy (non-hydrogen) atoms. The third-order valence-electron chi connectivity index (χ3n) is 5.40. The van der Waals surface area contributed by atoms with Gasteiger partial charge in [-0.15, -0.1) is 13.2 Å². The van der Waals surface area contributed by atoms with Crippen molar-refractivity contribution in [2.24, 2.45) is 12.8 Å². The highest BCUT2D eigenvalue weighted by molar-refractivity contribution is 5.94. The molecule has 9 nitrogen and oxygen atoms in total. The largest absolute Gasteiger partial charge is 0.573 e. The third kappa shape index (κ3) is 6.08. The SMILES string of the molecule is Cn1cc(-c2ccc(O[C@@H]3CCN(C(=O)Cc4ccc(OC(F)(F)F)cc4)C3)c(C(N)=O)n2)cn1. The first-order valence-electron chi connectivity index (χ1n) is 10.7. The molecule has 1 saturated heterocycles. The minimum Gasteiger partial charge on any atom is -0.486 e. The highest BCUT2D eigenvalue weighted by Gasteiger charge is 2.31. The van der Waals surface area contributed by atoms with E-state index in [2.05, 4.69) is 14.8 Å². The van der Waals surface area contributed by atoms with E-state index in [9.17, 15) is 22.8 Å². The van der Waals surface area contributed by atoms with Gasteiger partial charge in [-0.25, -0.2) is 4.98 Å². The first-order chi connectivity index (χ1) is 16.6. The second-order valence-electron chi connectivity index (χ2n) is 8.05. The van der Waals surface area contributed by atoms with Crippen LogP contribution < -0.4 is 15.2 Å². The number of amides is 2. The van der Waals surface area contributed by atoms with Gasteiger partial charge in [-0.1, -0.05) is 12.1 Å². The number of aromatic nitrogens is 3. The summed E-state index contributed by atoms with van der Waals surface area (Å²) in [7, 11) is 1.76. The van der Waals surface area contributed by atoms with Crippen LogP contribution in [0.25, 0.3) is 11.3 Å². The van der Waals surface area contributed by atoms with E-state index in [1.807, 2.05) is 0 Å². The quantitative estimate of drug-likeness (QED) is 0.546. The molecular weight excluding hydrogens is 467 g/mol. The number of halogens is 3. The van der Waals surface area contributed by atoms with Crippen LogP contribution in [-0.4, -0.2) is 57.0 Å². The van der Waals surface area contributed by atoms with Crippen LogP contribution in [-0.2, 0) is 18.3 Å². The van der Waals surface area contributed by atoms with Crippen molar-refractivity contribution in [1.29, 1.82) is 0 Å². The van der Waals surface area contributed by atoms with Crippen molar-refractivity contribution >= 4 is 11.8 Å². The van der Waals surface area contributed by atoms with Gasteiger partial charge in [0.15, 0.2) is 11.4 Å². The number of alkyl halides is 3. The van der Waals surface area contributed by atoms with Crippen LogP contribution in [0.5, 0.6) is 11.5 Å². The molecule has 2 N–H and O–H groups in total. The lowest BCUT2D eigenvalue weighted by Gasteiger charge is -2.18. The Morgan fingerprint density at radius 3 is 2.54 bits per heavy atom. The molecule has 3 heterocycles. The maximum atomic E-state index is 12.7. The summed E-state index contributed by atoms with van der Waals surface area (Å²) < 4.78 is 48.3. The standard InChI is InChI=1S/C23H22F3N5O4/c1-30-12-15(11-28-30)18-6-7-19(21(29-18)22(27)33)34-17-8-9-31(13-17)20(32)10-14-2-4-16(5-3-14)35-23(24,25)26/h2-7,11-12,17H,8-10,13H2,1H3,(H2,27,33)/t17-/m1/s1. The fourth-order valence-electron chi connectivity index (χ4n) is 3.76. The molecule has 0 bridgehead atoms. The minimum atomic E-state index is -4.77. The summed E-state index contributed by atoms with van der Waals surface area (Å²) in [4.78, 5) is 30.6. The molecule has 0 unspecified atom stereocenters. The lowest BCUT2D eigenvalue weighted by Crippen LogP contribution is -2.32. The van der Waals surface area contributed by atoms with Gasteiger partial charge in [0.05, 0.1) is 24.9 Å². The first-order valence-corrected chi connectivity index (χ1v) is 10.7. The van der Waals surface area contributed by atoms with E-state index in [-0.39, 0.29) is 42.2 Å². The number of carbonyl (C=O) groups is 2. The van der Waals surface area contributed by atoms with Crippen molar-refractivity contribution in [1.82, 2.24) is 19.7 Å². The molecule has 0 saturated carbocycles. The predicted octanol–water partition coefficient (Wildman–Crippen LogP) is 2.70. The van der Waals surface area contributed by atoms with E-state index in [4.69, 9.17) is 10.5 Å². The van der Waals surface area contributed by atoms with Crippen LogP contribution in [0.4, 0.5) is 13.2 Å². The highest BCUT2D eigenvalue weighted by Crippen LogP contribution is 2.26. The maximum Gasteiger partial charge on any atom is 0.573 e. The number of nitrogens with zero attached hydrogens (tertiary/aromatic N) is 4. The predicted molar refractivity (Wildman–Crippen MR) is 117 cm³/mol. The number of carbonyl (C=O) groups excluding carboxylic acids is 2. The highest BCUT2D eigenvalue weighted by atomic mass is 19.4. The van der Waals surface area contributed by atoms with E-state index in [1.165, 1.54) is 24.3 Å². The monoisotopic (exact) mass is 489 g/mol. The lowest BCUT2D eigenvalue weighted by atomic mass is 10.1. The topological polar surface area (TPSA) is 113 Å². The van der Waals surface area contributed by atoms with Gasteiger partial charge in [-0.3, -0.25) is 14.3 Å². The molecule has 1 atom stereocenters. The van der Waals surface area contributed by atoms with Gasteiger partial charge in [0.2, 0.25) is 5.91 Å². The fraction of sp³-hybridized carbons (Fsp3) is 0.304. The van der Waals surface area contributed by atoms with E-state index in [0.717, 1.165) is 5.56 Å². The number of ether oxygens (including phenoxy) is 2. The van der Waals surface area contributed by atoms with E-state index in [0.29, 0.717) is 24.2 Å². The number of hydrogen-bond acceptors (Lipinski definition) is 6. The second kappa shape index (κ2) is 9.65. The number of hydrogen-bond donors (Lipinski definition) is 1. The molecule has 4 rings (SSSR count). The normalized spacial score (nSPS) is 15.8. The third-order valence-corrected chi connectivity index (χ3v) is 5.40. The molecule has 2 amide bonds. The van der Waals surface area contributed by atoms with Crippen molar-refractivity contribution < 1.29 is 32.2 Å². The number of likely N-dealkylation sites (tertiary alicyclic amines) is 1. The molecule has 2 aromatic heterocycles. The summed E-state index contributed by atoms with van der Waals surface area (Å²) in [5, 5.41) is 4.09. The first kappa shape index (κ1) is 24.0. The van der Waals surface area contributed by atoms with Crippen molar-refractivity contribution in [3.63, 3.8) is 0 Å². The van der Waals surface area contributed by atoms with Gasteiger partial charge >= 0.3 is 6.36 Å². The molecule has 0 radical (unpaired) electrons. The Bertz CT molecular complexity index is 1230. The van der Waals surface area contributed by atoms with Gasteiger partial charge < -0.3 is 20.1 Å². The number of primary amides is 1. The van der Waals surface area contributed by atoms with Gasteiger partial charge in [0.25, 0.3) is 5.91 Å². The molecular formula is C23H22F3N5O4. The van der Waals surface area contributed by atoms with Crippen LogP contribution in [0.15, 0.2) is 48.8 Å². The van der Waals surface area contributed by atoms with Crippen molar-refractivity contribution in [3.8, 4) is 22.8 Å². The van der Waals surface area contributed by atoms with Gasteiger partial charge in [-0.05, 0) is 29.8 Å². The molecule has 0 aliphatic carbocycles. The molecule has 0 spiro atoms. The molecule has 1 fully saturated rings. The van der Waals surface area contributed by atoms with E-state index < -0.39 is 12.3 Å². The maximum absolute atomic E-state index is 12.7. The molecule has 1 aromatic carbocycles. The zero-order chi connectivity index (χ0) is 25.2. The Hall–Kier alpha value is -4.09. The second-order valence-corrected chi connectivity index (χ2v) is 8.05. The Balaban J connectivity index is 1.37. The molecule has 3 aromatic rings. The van der Waals surface area contributed by atoms with Crippen molar-refractivity contribution in [2.45, 2.75) is 25.3 Å². The molecule has 12 heteroatoms. The van der Waals surface area contributed by atoms with Crippen LogP contribution in [0.3, 0.4) is 0 Å². The number of benzene rings is 1. The number of rotatable bonds is 7. The summed E-state index contributed by atoms with van der Waals surface area (Å²) in [5.41, 5.74) is 7.29. The summed E-state index contributed by atoms with van der Waals surface area (Å²) in [6.07, 6.45) is -1.22. The molecule has 184 valence electrons. The fourth-order valence-corrected chi connectivity index (χ4v) is 3.76. The number of nitrogens with two attached hydrogens (primary N) is 1. The Morgan fingerprint density at radius 1 is 1.17 bits per heavy atom. The molecule has 1 aliphatic heterocycles. The van der Waals surface area contributed by atoms with E-state index in [1.54, 1.807) is 41.2 Å². The van der Waals surface area contributed by atoms with Gasteiger partial charge in [0, 0.05) is 31.8 Å². The summed E-state index contributed by atoms with van der Waals surface area (Å²) in [6, 6.07) is 8.47. The lowest BCUT2D eigenvalue weighted by molar-refractivity contribution is -0.274. The number of aryl methyl sites for hydroxylation is 1. The van der Waals surface area contributed by atoms with Gasteiger partial charge in [-0.2, -0.15) is 5.10 Å². The summed E-state index contributed by atoms with van der Waals surface area (Å²) >= 11 is 0. The van der Waals surface area contributed by atoms with Crippen molar-refractivity contribution in [2.75, 3.05) is 13.1 Å². The molecule has 1 aliphatic rings. The minimum absolute atomic E-state index is 0.0164. The average molecular weight is 489 g/mol. The Labute approximate surface area is 198 Å². The van der Waals surface area contributed by atoms with Crippen LogP contribution >= 0.6 is 0 Å².